The minimum absolute atomic E-state index is 0.158. The molecule has 0 aliphatic heterocycles. The van der Waals surface area contributed by atoms with E-state index >= 15 is 0 Å². The standard InChI is InChI=1S/C25H25N5O2S/c1-16(32-23-12-19(13-27-24(23)26)20-14-28-30(2)15-20)17-6-4-8-21(10-17)29-25(31)18-7-5-9-22(11-18)33-3/h4-16H,1-3H3,(H2,26,27)(H,29,31). The van der Waals surface area contributed by atoms with Crippen LogP contribution in [0.4, 0.5) is 11.5 Å². The summed E-state index contributed by atoms with van der Waals surface area (Å²) >= 11 is 1.60. The van der Waals surface area contributed by atoms with Gasteiger partial charge in [-0.3, -0.25) is 9.48 Å². The van der Waals surface area contributed by atoms with E-state index in [0.29, 0.717) is 22.8 Å². The van der Waals surface area contributed by atoms with Gasteiger partial charge in [-0.15, -0.1) is 11.8 Å². The summed E-state index contributed by atoms with van der Waals surface area (Å²) in [5.41, 5.74) is 10.1. The molecule has 3 N–H and O–H groups in total. The molecule has 0 saturated carbocycles. The zero-order chi connectivity index (χ0) is 23.4. The monoisotopic (exact) mass is 459 g/mol. The first-order valence-corrected chi connectivity index (χ1v) is 11.6. The lowest BCUT2D eigenvalue weighted by Crippen LogP contribution is -2.12. The number of nitrogens with two attached hydrogens (primary N) is 1. The van der Waals surface area contributed by atoms with Crippen molar-refractivity contribution in [1.82, 2.24) is 14.8 Å². The molecule has 7 nitrogen and oxygen atoms in total. The number of aryl methyl sites for hydroxylation is 1. The predicted molar refractivity (Wildman–Crippen MR) is 133 cm³/mol. The predicted octanol–water partition coefficient (Wildman–Crippen LogP) is 5.18. The van der Waals surface area contributed by atoms with Crippen LogP contribution in [-0.4, -0.2) is 26.9 Å². The maximum atomic E-state index is 12.7. The van der Waals surface area contributed by atoms with Gasteiger partial charge >= 0.3 is 0 Å². The number of pyridine rings is 1. The van der Waals surface area contributed by atoms with Crippen LogP contribution >= 0.6 is 11.8 Å². The molecule has 0 saturated heterocycles. The molecule has 0 fully saturated rings. The van der Waals surface area contributed by atoms with Gasteiger partial charge in [0, 0.05) is 46.7 Å². The SMILES string of the molecule is CSc1cccc(C(=O)Nc2cccc(C(C)Oc3cc(-c4cnn(C)c4)cnc3N)c2)c1. The molecule has 2 aromatic carbocycles. The van der Waals surface area contributed by atoms with Gasteiger partial charge in [0.2, 0.25) is 0 Å². The van der Waals surface area contributed by atoms with E-state index in [0.717, 1.165) is 21.6 Å². The van der Waals surface area contributed by atoms with Crippen LogP contribution in [0.3, 0.4) is 0 Å². The third kappa shape index (κ3) is 5.35. The topological polar surface area (TPSA) is 95.1 Å². The lowest BCUT2D eigenvalue weighted by Gasteiger charge is -2.17. The molecule has 4 aromatic rings. The number of carbonyl (C=O) groups is 1. The van der Waals surface area contributed by atoms with E-state index in [2.05, 4.69) is 15.4 Å². The Hall–Kier alpha value is -3.78. The van der Waals surface area contributed by atoms with E-state index in [9.17, 15) is 4.79 Å². The third-order valence-electron chi connectivity index (χ3n) is 5.17. The number of rotatable bonds is 7. The zero-order valence-corrected chi connectivity index (χ0v) is 19.5. The highest BCUT2D eigenvalue weighted by Gasteiger charge is 2.14. The second-order valence-electron chi connectivity index (χ2n) is 7.58. The fourth-order valence-electron chi connectivity index (χ4n) is 3.37. The number of nitrogens with one attached hydrogen (secondary N) is 1. The van der Waals surface area contributed by atoms with Crippen LogP contribution in [0, 0.1) is 0 Å². The molecule has 1 unspecified atom stereocenters. The highest BCUT2D eigenvalue weighted by atomic mass is 32.2. The Morgan fingerprint density at radius 1 is 1.12 bits per heavy atom. The number of amides is 1. The Morgan fingerprint density at radius 3 is 2.70 bits per heavy atom. The Balaban J connectivity index is 1.50. The van der Waals surface area contributed by atoms with E-state index in [1.165, 1.54) is 0 Å². The molecule has 1 amide bonds. The van der Waals surface area contributed by atoms with Crippen molar-refractivity contribution in [2.24, 2.45) is 7.05 Å². The minimum Gasteiger partial charge on any atom is -0.482 e. The molecule has 0 aliphatic rings. The van der Waals surface area contributed by atoms with E-state index in [-0.39, 0.29) is 12.0 Å². The molecule has 4 rings (SSSR count). The Bertz CT molecular complexity index is 1290. The van der Waals surface area contributed by atoms with Crippen molar-refractivity contribution in [3.8, 4) is 16.9 Å². The van der Waals surface area contributed by atoms with Crippen LogP contribution in [0.1, 0.15) is 28.9 Å². The number of nitrogens with zero attached hydrogens (tertiary/aromatic N) is 3. The molecule has 2 aromatic heterocycles. The molecule has 0 bridgehead atoms. The van der Waals surface area contributed by atoms with Gasteiger partial charge in [0.15, 0.2) is 11.6 Å². The van der Waals surface area contributed by atoms with Crippen LogP contribution < -0.4 is 15.8 Å². The smallest absolute Gasteiger partial charge is 0.255 e. The van der Waals surface area contributed by atoms with Gasteiger partial charge in [0.25, 0.3) is 5.91 Å². The first-order valence-electron chi connectivity index (χ1n) is 10.4. The number of ether oxygens (including phenoxy) is 1. The lowest BCUT2D eigenvalue weighted by atomic mass is 10.1. The summed E-state index contributed by atoms with van der Waals surface area (Å²) in [4.78, 5) is 18.0. The van der Waals surface area contributed by atoms with Gasteiger partial charge in [-0.05, 0) is 55.1 Å². The fourth-order valence-corrected chi connectivity index (χ4v) is 3.83. The highest BCUT2D eigenvalue weighted by molar-refractivity contribution is 7.98. The molecule has 0 radical (unpaired) electrons. The average molecular weight is 460 g/mol. The normalized spacial score (nSPS) is 11.7. The summed E-state index contributed by atoms with van der Waals surface area (Å²) in [5, 5.41) is 7.16. The summed E-state index contributed by atoms with van der Waals surface area (Å²) in [6, 6.07) is 17.0. The van der Waals surface area contributed by atoms with Crippen LogP contribution in [0.2, 0.25) is 0 Å². The summed E-state index contributed by atoms with van der Waals surface area (Å²) < 4.78 is 7.87. The fraction of sp³-hybridized carbons (Fsp3) is 0.160. The molecule has 8 heteroatoms. The van der Waals surface area contributed by atoms with Crippen LogP contribution in [-0.2, 0) is 7.05 Å². The molecule has 2 heterocycles. The number of aromatic nitrogens is 3. The first kappa shape index (κ1) is 22.4. The van der Waals surface area contributed by atoms with Gasteiger partial charge in [-0.25, -0.2) is 4.98 Å². The second-order valence-corrected chi connectivity index (χ2v) is 8.46. The Kier molecular flexibility index (Phi) is 6.65. The summed E-state index contributed by atoms with van der Waals surface area (Å²) in [7, 11) is 1.86. The van der Waals surface area contributed by atoms with Gasteiger partial charge in [0.05, 0.1) is 6.20 Å². The van der Waals surface area contributed by atoms with Gasteiger partial charge in [-0.1, -0.05) is 18.2 Å². The summed E-state index contributed by atoms with van der Waals surface area (Å²) in [6.45, 7) is 1.93. The summed E-state index contributed by atoms with van der Waals surface area (Å²) in [5.74, 6) is 0.647. The Morgan fingerprint density at radius 2 is 1.94 bits per heavy atom. The van der Waals surface area contributed by atoms with Gasteiger partial charge < -0.3 is 15.8 Å². The van der Waals surface area contributed by atoms with E-state index in [1.807, 2.05) is 75.0 Å². The molecular formula is C25H25N5O2S. The molecule has 0 spiro atoms. The molecule has 0 aliphatic carbocycles. The maximum absolute atomic E-state index is 12.7. The number of hydrogen-bond donors (Lipinski definition) is 2. The van der Waals surface area contributed by atoms with Crippen molar-refractivity contribution in [2.75, 3.05) is 17.3 Å². The number of thioether (sulfide) groups is 1. The van der Waals surface area contributed by atoms with Crippen molar-refractivity contribution in [1.29, 1.82) is 0 Å². The number of hydrogen-bond acceptors (Lipinski definition) is 6. The van der Waals surface area contributed by atoms with Gasteiger partial charge in [0.1, 0.15) is 6.10 Å². The van der Waals surface area contributed by atoms with Crippen molar-refractivity contribution in [2.45, 2.75) is 17.9 Å². The van der Waals surface area contributed by atoms with E-state index < -0.39 is 0 Å². The molecule has 33 heavy (non-hydrogen) atoms. The lowest BCUT2D eigenvalue weighted by molar-refractivity contribution is 0.102. The largest absolute Gasteiger partial charge is 0.482 e. The van der Waals surface area contributed by atoms with E-state index in [1.54, 1.807) is 34.9 Å². The average Bonchev–Trinajstić information content (AvgIpc) is 3.27. The number of benzene rings is 2. The van der Waals surface area contributed by atoms with E-state index in [4.69, 9.17) is 10.5 Å². The van der Waals surface area contributed by atoms with Crippen molar-refractivity contribution >= 4 is 29.2 Å². The maximum Gasteiger partial charge on any atom is 0.255 e. The first-order chi connectivity index (χ1) is 15.9. The van der Waals surface area contributed by atoms with Crippen molar-refractivity contribution in [3.63, 3.8) is 0 Å². The molecular weight excluding hydrogens is 434 g/mol. The Labute approximate surface area is 197 Å². The summed E-state index contributed by atoms with van der Waals surface area (Å²) in [6.07, 6.45) is 7.04. The van der Waals surface area contributed by atoms with Crippen molar-refractivity contribution < 1.29 is 9.53 Å². The quantitative estimate of drug-likeness (QED) is 0.370. The molecule has 168 valence electrons. The highest BCUT2D eigenvalue weighted by Crippen LogP contribution is 2.31. The van der Waals surface area contributed by atoms with Crippen LogP contribution in [0.5, 0.6) is 5.75 Å². The number of nitrogen functional groups attached to an aromatic ring is 1. The van der Waals surface area contributed by atoms with Gasteiger partial charge in [-0.2, -0.15) is 5.10 Å². The molecule has 1 atom stereocenters. The van der Waals surface area contributed by atoms with Crippen LogP contribution in [0.25, 0.3) is 11.1 Å². The number of carbonyl (C=O) groups excluding carboxylic acids is 1. The third-order valence-corrected chi connectivity index (χ3v) is 5.89. The minimum atomic E-state index is -0.310. The van der Waals surface area contributed by atoms with Crippen molar-refractivity contribution in [3.05, 3.63) is 84.3 Å². The number of anilines is 2. The zero-order valence-electron chi connectivity index (χ0n) is 18.6. The second kappa shape index (κ2) is 9.79. The van der Waals surface area contributed by atoms with Crippen LogP contribution in [0.15, 0.2) is 78.1 Å².